The van der Waals surface area contributed by atoms with E-state index in [1.807, 2.05) is 24.3 Å². The molecule has 0 nitrogen and oxygen atoms in total. The van der Waals surface area contributed by atoms with Crippen LogP contribution in [0.15, 0.2) is 149 Å². The van der Waals surface area contributed by atoms with Gasteiger partial charge in [-0.15, -0.1) is 0 Å². The van der Waals surface area contributed by atoms with Crippen LogP contribution in [-0.2, 0) is 27.4 Å². The van der Waals surface area contributed by atoms with E-state index in [1.54, 1.807) is 6.07 Å². The number of hydrogen-bond acceptors (Lipinski definition) is 0. The smallest absolute Gasteiger partial charge is 1.00 e. The Labute approximate surface area is 286 Å². The SMILES string of the molecule is FC(F)(F)c1cccc(/[C](c2ccccc2)=[Zr+2](\[C]2=CC=CC2)[CH]2c3ccccc3-c3c2c2ccccc2c2ccccc32)c1.[Cl-].[Cl-]. The van der Waals surface area contributed by atoms with Gasteiger partial charge in [0.1, 0.15) is 0 Å². The second-order valence-electron chi connectivity index (χ2n) is 11.5. The van der Waals surface area contributed by atoms with Crippen molar-refractivity contribution in [3.05, 3.63) is 177 Å². The largest absolute Gasteiger partial charge is 1.00 e. The molecule has 1 atom stereocenters. The van der Waals surface area contributed by atoms with Crippen LogP contribution in [0.25, 0.3) is 32.7 Å². The van der Waals surface area contributed by atoms with Crippen molar-refractivity contribution in [3.63, 3.8) is 0 Å². The van der Waals surface area contributed by atoms with E-state index in [9.17, 15) is 13.2 Å². The molecule has 0 amide bonds. The molecule has 0 fully saturated rings. The minimum absolute atomic E-state index is 0. The summed E-state index contributed by atoms with van der Waals surface area (Å²) in [5.41, 5.74) is 6.26. The molecule has 0 aromatic heterocycles. The summed E-state index contributed by atoms with van der Waals surface area (Å²) >= 11 is -3.17. The molecular formula is C40H27Cl2F3Zr. The zero-order valence-corrected chi connectivity index (χ0v) is 28.5. The van der Waals surface area contributed by atoms with E-state index in [-0.39, 0.29) is 28.4 Å². The number of benzene rings is 6. The van der Waals surface area contributed by atoms with E-state index in [4.69, 9.17) is 0 Å². The Morgan fingerprint density at radius 3 is 1.93 bits per heavy atom. The van der Waals surface area contributed by atoms with E-state index >= 15 is 0 Å². The van der Waals surface area contributed by atoms with Gasteiger partial charge in [-0.1, -0.05) is 0 Å². The van der Waals surface area contributed by atoms with Crippen LogP contribution in [0.2, 0.25) is 0 Å². The van der Waals surface area contributed by atoms with Crippen molar-refractivity contribution < 1.29 is 59.3 Å². The van der Waals surface area contributed by atoms with Crippen molar-refractivity contribution in [2.24, 2.45) is 0 Å². The summed E-state index contributed by atoms with van der Waals surface area (Å²) < 4.78 is 45.0. The summed E-state index contributed by atoms with van der Waals surface area (Å²) in [6.07, 6.45) is 3.01. The molecule has 226 valence electrons. The number of hydrogen-bond donors (Lipinski definition) is 0. The van der Waals surface area contributed by atoms with Crippen LogP contribution in [0.4, 0.5) is 13.2 Å². The fraction of sp³-hybridized carbons (Fsp3) is 0.0750. The Bertz CT molecular complexity index is 2200. The monoisotopic (exact) mass is 724 g/mol. The maximum absolute atomic E-state index is 14.1. The third-order valence-corrected chi connectivity index (χ3v) is 17.3. The van der Waals surface area contributed by atoms with Gasteiger partial charge in [-0.2, -0.15) is 0 Å². The van der Waals surface area contributed by atoms with Crippen molar-refractivity contribution in [2.75, 3.05) is 0 Å². The molecule has 0 heterocycles. The van der Waals surface area contributed by atoms with Crippen LogP contribution in [0, 0.1) is 0 Å². The Kier molecular flexibility index (Phi) is 9.09. The van der Waals surface area contributed by atoms with Gasteiger partial charge in [-0.05, 0) is 0 Å². The van der Waals surface area contributed by atoms with Gasteiger partial charge in [-0.3, -0.25) is 0 Å². The number of fused-ring (bicyclic) bond motifs is 8. The van der Waals surface area contributed by atoms with Crippen molar-refractivity contribution >= 4 is 24.8 Å². The molecule has 0 radical (unpaired) electrons. The second kappa shape index (κ2) is 12.9. The predicted molar refractivity (Wildman–Crippen MR) is 172 cm³/mol. The minimum Gasteiger partial charge on any atom is -1.00 e. The van der Waals surface area contributed by atoms with E-state index in [0.717, 1.165) is 15.2 Å². The molecular weight excluding hydrogens is 700 g/mol. The Morgan fingerprint density at radius 2 is 1.24 bits per heavy atom. The summed E-state index contributed by atoms with van der Waals surface area (Å²) in [7, 11) is 0. The van der Waals surface area contributed by atoms with Crippen LogP contribution >= 0.6 is 0 Å². The standard InChI is InChI=1S/C21H13.C14H9F3.C5H5.2ClH.Zr/c1-2-8-15-14(7-1)13-20-18-11-4-3-9-16(18)17-10-5-6-12-19(17)21(15)20;15-14(16,17)13-8-4-7-12(10-13)9-11-5-2-1-3-6-11;1-2-4-5-3-1;;;/h1-13H;1-8,10H;1-3H,4H2;2*1H;/q;;;;;+2/p-2. The van der Waals surface area contributed by atoms with E-state index in [0.29, 0.717) is 5.56 Å². The predicted octanol–water partition coefficient (Wildman–Crippen LogP) is 4.82. The van der Waals surface area contributed by atoms with Crippen molar-refractivity contribution in [1.82, 2.24) is 0 Å². The van der Waals surface area contributed by atoms with E-state index in [1.165, 1.54) is 59.2 Å². The third-order valence-electron chi connectivity index (χ3n) is 9.02. The van der Waals surface area contributed by atoms with Crippen LogP contribution in [0.5, 0.6) is 0 Å². The average Bonchev–Trinajstić information content (AvgIpc) is 3.71. The van der Waals surface area contributed by atoms with Gasteiger partial charge >= 0.3 is 263 Å². The minimum atomic E-state index is -4.42. The van der Waals surface area contributed by atoms with Crippen LogP contribution < -0.4 is 24.8 Å². The summed E-state index contributed by atoms with van der Waals surface area (Å²) in [6.45, 7) is 0. The summed E-state index contributed by atoms with van der Waals surface area (Å²) in [6, 6.07) is 42.3. The van der Waals surface area contributed by atoms with Crippen LogP contribution in [-0.4, -0.2) is 3.21 Å². The quantitative estimate of drug-likeness (QED) is 0.229. The summed E-state index contributed by atoms with van der Waals surface area (Å²) in [4.78, 5) is 0. The molecule has 8 rings (SSSR count). The maximum Gasteiger partial charge on any atom is -1.00 e. The first-order valence-electron chi connectivity index (χ1n) is 14.9. The Morgan fingerprint density at radius 1 is 0.630 bits per heavy atom. The van der Waals surface area contributed by atoms with Crippen LogP contribution in [0.1, 0.15) is 37.9 Å². The number of rotatable bonds is 4. The first-order valence-corrected chi connectivity index (χ1v) is 18.7. The zero-order valence-electron chi connectivity index (χ0n) is 24.5. The van der Waals surface area contributed by atoms with Gasteiger partial charge in [0.25, 0.3) is 0 Å². The van der Waals surface area contributed by atoms with Gasteiger partial charge in [0, 0.05) is 0 Å². The van der Waals surface area contributed by atoms with E-state index < -0.39 is 33.0 Å². The second-order valence-corrected chi connectivity index (χ2v) is 17.7. The number of allylic oxidation sites excluding steroid dienone is 4. The molecule has 0 bridgehead atoms. The van der Waals surface area contributed by atoms with Gasteiger partial charge in [0.2, 0.25) is 0 Å². The number of alkyl halides is 3. The number of halogens is 5. The maximum atomic E-state index is 14.1. The molecule has 6 heteroatoms. The molecule has 1 unspecified atom stereocenters. The topological polar surface area (TPSA) is 0 Å². The van der Waals surface area contributed by atoms with Crippen molar-refractivity contribution in [2.45, 2.75) is 16.2 Å². The molecule has 2 aliphatic rings. The van der Waals surface area contributed by atoms with Gasteiger partial charge in [0.05, 0.1) is 0 Å². The normalized spacial score (nSPS) is 15.1. The van der Waals surface area contributed by atoms with Gasteiger partial charge in [0.15, 0.2) is 0 Å². The molecule has 0 spiro atoms. The fourth-order valence-electron chi connectivity index (χ4n) is 7.26. The van der Waals surface area contributed by atoms with Gasteiger partial charge in [-0.25, -0.2) is 0 Å². The average molecular weight is 727 g/mol. The fourth-order valence-corrected chi connectivity index (χ4v) is 16.3. The third kappa shape index (κ3) is 5.35. The first kappa shape index (κ1) is 32.4. The molecule has 0 saturated heterocycles. The van der Waals surface area contributed by atoms with Crippen LogP contribution in [0.3, 0.4) is 0 Å². The molecule has 0 aliphatic heterocycles. The first-order chi connectivity index (χ1) is 21.5. The summed E-state index contributed by atoms with van der Waals surface area (Å²) in [5.74, 6) is 0. The summed E-state index contributed by atoms with van der Waals surface area (Å²) in [5, 5.41) is 4.93. The molecule has 46 heavy (non-hydrogen) atoms. The van der Waals surface area contributed by atoms with Crippen molar-refractivity contribution in [3.8, 4) is 11.1 Å². The van der Waals surface area contributed by atoms with E-state index in [2.05, 4.69) is 103 Å². The molecule has 2 aliphatic carbocycles. The molecule has 6 aromatic rings. The molecule has 6 aromatic carbocycles. The Balaban J connectivity index is 0.00000186. The molecule has 0 N–H and O–H groups in total. The Hall–Kier alpha value is -3.56. The molecule has 0 saturated carbocycles. The van der Waals surface area contributed by atoms with Crippen molar-refractivity contribution in [1.29, 1.82) is 0 Å². The van der Waals surface area contributed by atoms with Gasteiger partial charge < -0.3 is 24.8 Å². The zero-order chi connectivity index (χ0) is 29.8.